The maximum absolute atomic E-state index is 12.0. The molecule has 86 valence electrons. The van der Waals surface area contributed by atoms with Gasteiger partial charge in [-0.05, 0) is 36.8 Å². The molecule has 4 heteroatoms. The molecule has 1 aromatic carbocycles. The molecule has 1 heterocycles. The zero-order valence-electron chi connectivity index (χ0n) is 9.50. The van der Waals surface area contributed by atoms with Crippen LogP contribution in [-0.4, -0.2) is 10.9 Å². The number of nitrogens with two attached hydrogens (primary N) is 1. The van der Waals surface area contributed by atoms with Crippen molar-refractivity contribution in [2.75, 3.05) is 5.01 Å². The summed E-state index contributed by atoms with van der Waals surface area (Å²) in [6.45, 7) is 1.95. The van der Waals surface area contributed by atoms with Crippen LogP contribution in [0.5, 0.6) is 0 Å². The lowest BCUT2D eigenvalue weighted by Crippen LogP contribution is -2.37. The van der Waals surface area contributed by atoms with E-state index >= 15 is 0 Å². The normalized spacial score (nSPS) is 10.0. The molecule has 1 amide bonds. The number of benzene rings is 1. The van der Waals surface area contributed by atoms with E-state index < -0.39 is 0 Å². The SMILES string of the molecule is Cc1cccc(N(N)C(=O)c2ccccn2)c1. The Kier molecular flexibility index (Phi) is 3.16. The number of carbonyl (C=O) groups excluding carboxylic acids is 1. The van der Waals surface area contributed by atoms with Crippen LogP contribution in [-0.2, 0) is 0 Å². The molecule has 1 aromatic heterocycles. The molecule has 2 aromatic rings. The maximum atomic E-state index is 12.0. The lowest BCUT2D eigenvalue weighted by atomic mass is 10.2. The van der Waals surface area contributed by atoms with Gasteiger partial charge in [-0.1, -0.05) is 18.2 Å². The van der Waals surface area contributed by atoms with Gasteiger partial charge in [-0.2, -0.15) is 0 Å². The highest BCUT2D eigenvalue weighted by molar-refractivity contribution is 6.03. The van der Waals surface area contributed by atoms with Gasteiger partial charge >= 0.3 is 0 Å². The number of carbonyl (C=O) groups is 1. The second-order valence-electron chi connectivity index (χ2n) is 3.73. The summed E-state index contributed by atoms with van der Waals surface area (Å²) in [6.07, 6.45) is 1.57. The summed E-state index contributed by atoms with van der Waals surface area (Å²) >= 11 is 0. The van der Waals surface area contributed by atoms with Crippen molar-refractivity contribution in [3.8, 4) is 0 Å². The van der Waals surface area contributed by atoms with Gasteiger partial charge in [0.25, 0.3) is 5.91 Å². The molecule has 0 bridgehead atoms. The number of hydrogen-bond donors (Lipinski definition) is 1. The highest BCUT2D eigenvalue weighted by Gasteiger charge is 2.14. The van der Waals surface area contributed by atoms with E-state index in [1.165, 1.54) is 0 Å². The van der Waals surface area contributed by atoms with Gasteiger partial charge in [0.15, 0.2) is 0 Å². The van der Waals surface area contributed by atoms with Gasteiger partial charge in [0.2, 0.25) is 0 Å². The van der Waals surface area contributed by atoms with Crippen molar-refractivity contribution in [2.45, 2.75) is 6.92 Å². The van der Waals surface area contributed by atoms with E-state index in [0.29, 0.717) is 11.4 Å². The highest BCUT2D eigenvalue weighted by atomic mass is 16.2. The van der Waals surface area contributed by atoms with E-state index in [1.807, 2.05) is 25.1 Å². The Bertz CT molecular complexity index is 525. The van der Waals surface area contributed by atoms with E-state index in [-0.39, 0.29) is 5.91 Å². The molecule has 0 fully saturated rings. The molecular weight excluding hydrogens is 214 g/mol. The number of anilines is 1. The Morgan fingerprint density at radius 2 is 2.06 bits per heavy atom. The number of aryl methyl sites for hydroxylation is 1. The minimum atomic E-state index is -0.323. The fourth-order valence-corrected chi connectivity index (χ4v) is 1.51. The van der Waals surface area contributed by atoms with Crippen molar-refractivity contribution < 1.29 is 4.79 Å². The minimum Gasteiger partial charge on any atom is -0.265 e. The van der Waals surface area contributed by atoms with Crippen molar-refractivity contribution in [2.24, 2.45) is 5.84 Å². The first-order valence-corrected chi connectivity index (χ1v) is 5.25. The molecule has 0 unspecified atom stereocenters. The molecule has 17 heavy (non-hydrogen) atoms. The molecule has 0 aliphatic rings. The number of amides is 1. The van der Waals surface area contributed by atoms with Gasteiger partial charge in [-0.25, -0.2) is 10.9 Å². The van der Waals surface area contributed by atoms with Crippen molar-refractivity contribution in [1.82, 2.24) is 4.98 Å². The first-order chi connectivity index (χ1) is 8.18. The number of nitrogens with zero attached hydrogens (tertiary/aromatic N) is 2. The molecule has 2 N–H and O–H groups in total. The quantitative estimate of drug-likeness (QED) is 0.484. The van der Waals surface area contributed by atoms with Gasteiger partial charge in [-0.15, -0.1) is 0 Å². The smallest absolute Gasteiger partial charge is 0.265 e. The first kappa shape index (κ1) is 11.3. The van der Waals surface area contributed by atoms with Crippen molar-refractivity contribution in [1.29, 1.82) is 0 Å². The lowest BCUT2D eigenvalue weighted by molar-refractivity contribution is 0.0982. The molecule has 0 spiro atoms. The Morgan fingerprint density at radius 1 is 1.24 bits per heavy atom. The number of hydrazine groups is 1. The predicted octanol–water partition coefficient (Wildman–Crippen LogP) is 1.91. The average molecular weight is 227 g/mol. The van der Waals surface area contributed by atoms with Crippen LogP contribution in [0.4, 0.5) is 5.69 Å². The fraction of sp³-hybridized carbons (Fsp3) is 0.0769. The van der Waals surface area contributed by atoms with Crippen LogP contribution < -0.4 is 10.9 Å². The van der Waals surface area contributed by atoms with Gasteiger partial charge in [0.05, 0.1) is 5.69 Å². The van der Waals surface area contributed by atoms with Crippen molar-refractivity contribution in [3.05, 3.63) is 59.9 Å². The second kappa shape index (κ2) is 4.76. The molecule has 0 aliphatic heterocycles. The Morgan fingerprint density at radius 3 is 2.71 bits per heavy atom. The lowest BCUT2D eigenvalue weighted by Gasteiger charge is -2.16. The van der Waals surface area contributed by atoms with E-state index in [0.717, 1.165) is 10.6 Å². The summed E-state index contributed by atoms with van der Waals surface area (Å²) in [5.74, 6) is 5.46. The predicted molar refractivity (Wildman–Crippen MR) is 66.4 cm³/mol. The summed E-state index contributed by atoms with van der Waals surface area (Å²) in [5.41, 5.74) is 2.03. The molecule has 4 nitrogen and oxygen atoms in total. The zero-order valence-corrected chi connectivity index (χ0v) is 9.50. The second-order valence-corrected chi connectivity index (χ2v) is 3.73. The molecule has 0 aliphatic carbocycles. The third kappa shape index (κ3) is 2.49. The molecule has 0 saturated heterocycles. The highest BCUT2D eigenvalue weighted by Crippen LogP contribution is 2.14. The summed E-state index contributed by atoms with van der Waals surface area (Å²) in [4.78, 5) is 16.0. The number of aromatic nitrogens is 1. The van der Waals surface area contributed by atoms with Gasteiger partial charge < -0.3 is 0 Å². The summed E-state index contributed by atoms with van der Waals surface area (Å²) in [7, 11) is 0. The number of hydrogen-bond acceptors (Lipinski definition) is 3. The zero-order chi connectivity index (χ0) is 12.3. The Hall–Kier alpha value is -2.20. The van der Waals surface area contributed by atoms with Crippen LogP contribution in [0.1, 0.15) is 16.1 Å². The fourth-order valence-electron chi connectivity index (χ4n) is 1.51. The average Bonchev–Trinajstić information content (AvgIpc) is 2.38. The van der Waals surface area contributed by atoms with Crippen molar-refractivity contribution in [3.63, 3.8) is 0 Å². The van der Waals surface area contributed by atoms with Crippen LogP contribution >= 0.6 is 0 Å². The van der Waals surface area contributed by atoms with Gasteiger partial charge in [0, 0.05) is 6.20 Å². The molecule has 0 saturated carbocycles. The molecule has 0 atom stereocenters. The largest absolute Gasteiger partial charge is 0.291 e. The third-order valence-electron chi connectivity index (χ3n) is 2.38. The monoisotopic (exact) mass is 227 g/mol. The van der Waals surface area contributed by atoms with Gasteiger partial charge in [-0.3, -0.25) is 9.78 Å². The summed E-state index contributed by atoms with van der Waals surface area (Å²) < 4.78 is 0. The van der Waals surface area contributed by atoms with Gasteiger partial charge in [0.1, 0.15) is 5.69 Å². The Balaban J connectivity index is 2.27. The maximum Gasteiger partial charge on any atom is 0.291 e. The summed E-state index contributed by atoms with van der Waals surface area (Å²) in [6, 6.07) is 12.6. The van der Waals surface area contributed by atoms with Crippen molar-refractivity contribution >= 4 is 11.6 Å². The molecule has 2 rings (SSSR count). The van der Waals surface area contributed by atoms with E-state index in [2.05, 4.69) is 4.98 Å². The van der Waals surface area contributed by atoms with Crippen LogP contribution in [0.15, 0.2) is 48.7 Å². The van der Waals surface area contributed by atoms with E-state index in [1.54, 1.807) is 30.5 Å². The van der Waals surface area contributed by atoms with Crippen LogP contribution in [0.3, 0.4) is 0 Å². The first-order valence-electron chi connectivity index (χ1n) is 5.25. The minimum absolute atomic E-state index is 0.323. The third-order valence-corrected chi connectivity index (χ3v) is 2.38. The van der Waals surface area contributed by atoms with Crippen LogP contribution in [0.25, 0.3) is 0 Å². The molecule has 0 radical (unpaired) electrons. The van der Waals surface area contributed by atoms with E-state index in [9.17, 15) is 4.79 Å². The van der Waals surface area contributed by atoms with Crippen LogP contribution in [0.2, 0.25) is 0 Å². The standard InChI is InChI=1S/C13H13N3O/c1-10-5-4-6-11(9-10)16(14)13(17)12-7-2-3-8-15-12/h2-9H,14H2,1H3. The number of pyridine rings is 1. The molecular formula is C13H13N3O. The summed E-state index contributed by atoms with van der Waals surface area (Å²) in [5, 5.41) is 1.11. The van der Waals surface area contributed by atoms with E-state index in [4.69, 9.17) is 5.84 Å². The van der Waals surface area contributed by atoms with Crippen LogP contribution in [0, 0.1) is 6.92 Å². The topological polar surface area (TPSA) is 59.2 Å². The Labute approximate surface area is 99.7 Å². The number of rotatable bonds is 2.